The molecule has 0 spiro atoms. The van der Waals surface area contributed by atoms with Crippen molar-refractivity contribution in [2.24, 2.45) is 0 Å². The Hall–Kier alpha value is -1.02. The summed E-state index contributed by atoms with van der Waals surface area (Å²) in [6, 6.07) is 9.16. The highest BCUT2D eigenvalue weighted by Gasteiger charge is 2.13. The third-order valence-corrected chi connectivity index (χ3v) is 3.16. The number of benzene rings is 1. The van der Waals surface area contributed by atoms with E-state index in [0.29, 0.717) is 6.04 Å². The minimum Gasteiger partial charge on any atom is -0.368 e. The molecule has 1 N–H and O–H groups in total. The molecule has 1 aromatic rings. The van der Waals surface area contributed by atoms with E-state index in [1.165, 1.54) is 17.7 Å². The van der Waals surface area contributed by atoms with Crippen LogP contribution in [0.1, 0.15) is 32.8 Å². The quantitative estimate of drug-likeness (QED) is 0.729. The Morgan fingerprint density at radius 2 is 1.94 bits per heavy atom. The molecule has 0 saturated heterocycles. The van der Waals surface area contributed by atoms with E-state index in [0.717, 1.165) is 19.6 Å². The first kappa shape index (κ1) is 14.0. The molecule has 17 heavy (non-hydrogen) atoms. The lowest BCUT2D eigenvalue weighted by molar-refractivity contribution is 0.565. The highest BCUT2D eigenvalue weighted by molar-refractivity contribution is 5.53. The Balaban J connectivity index is 2.67. The zero-order chi connectivity index (χ0) is 12.7. The molecular formula is C15H26N2. The molecule has 1 rings (SSSR count). The monoisotopic (exact) mass is 234 g/mol. The van der Waals surface area contributed by atoms with Gasteiger partial charge in [-0.15, -0.1) is 0 Å². The van der Waals surface area contributed by atoms with Gasteiger partial charge in [0.2, 0.25) is 0 Å². The van der Waals surface area contributed by atoms with Gasteiger partial charge in [0.05, 0.1) is 0 Å². The van der Waals surface area contributed by atoms with Gasteiger partial charge in [0.1, 0.15) is 0 Å². The van der Waals surface area contributed by atoms with E-state index >= 15 is 0 Å². The zero-order valence-electron chi connectivity index (χ0n) is 11.7. The molecular weight excluding hydrogens is 208 g/mol. The van der Waals surface area contributed by atoms with Crippen molar-refractivity contribution in [2.75, 3.05) is 24.5 Å². The first-order valence-electron chi connectivity index (χ1n) is 6.73. The number of nitrogens with zero attached hydrogens (tertiary/aromatic N) is 1. The summed E-state index contributed by atoms with van der Waals surface area (Å²) < 4.78 is 0. The molecule has 0 aromatic heterocycles. The Bertz CT molecular complexity index is 322. The molecule has 2 heteroatoms. The number of hydrogen-bond acceptors (Lipinski definition) is 2. The SMILES string of the molecule is CCCNCC(C)N(CC)c1ccccc1C. The van der Waals surface area contributed by atoms with Gasteiger partial charge in [0, 0.05) is 24.8 Å². The third-order valence-electron chi connectivity index (χ3n) is 3.16. The van der Waals surface area contributed by atoms with Crippen LogP contribution in [0.3, 0.4) is 0 Å². The summed E-state index contributed by atoms with van der Waals surface area (Å²) in [4.78, 5) is 2.47. The van der Waals surface area contributed by atoms with Crippen LogP contribution in [-0.4, -0.2) is 25.7 Å². The fraction of sp³-hybridized carbons (Fsp3) is 0.600. The molecule has 0 aliphatic rings. The van der Waals surface area contributed by atoms with Crippen molar-refractivity contribution in [1.82, 2.24) is 5.32 Å². The molecule has 0 heterocycles. The fourth-order valence-electron chi connectivity index (χ4n) is 2.20. The Kier molecular flexibility index (Phi) is 6.06. The van der Waals surface area contributed by atoms with Crippen molar-refractivity contribution in [3.05, 3.63) is 29.8 Å². The van der Waals surface area contributed by atoms with Gasteiger partial charge in [-0.2, -0.15) is 0 Å². The van der Waals surface area contributed by atoms with Crippen molar-refractivity contribution >= 4 is 5.69 Å². The first-order valence-corrected chi connectivity index (χ1v) is 6.73. The van der Waals surface area contributed by atoms with Gasteiger partial charge in [-0.1, -0.05) is 25.1 Å². The van der Waals surface area contributed by atoms with Crippen LogP contribution >= 0.6 is 0 Å². The smallest absolute Gasteiger partial charge is 0.0398 e. The van der Waals surface area contributed by atoms with Crippen LogP contribution in [0.25, 0.3) is 0 Å². The second kappa shape index (κ2) is 7.33. The average Bonchev–Trinajstić information content (AvgIpc) is 2.33. The van der Waals surface area contributed by atoms with Crippen LogP contribution in [0, 0.1) is 6.92 Å². The minimum atomic E-state index is 0.535. The topological polar surface area (TPSA) is 15.3 Å². The lowest BCUT2D eigenvalue weighted by Gasteiger charge is -2.31. The lowest BCUT2D eigenvalue weighted by Crippen LogP contribution is -2.41. The van der Waals surface area contributed by atoms with Gasteiger partial charge in [-0.05, 0) is 45.4 Å². The summed E-state index contributed by atoms with van der Waals surface area (Å²) in [5.41, 5.74) is 2.72. The number of likely N-dealkylation sites (N-methyl/N-ethyl adjacent to an activating group) is 1. The van der Waals surface area contributed by atoms with Crippen molar-refractivity contribution in [3.8, 4) is 0 Å². The number of anilines is 1. The van der Waals surface area contributed by atoms with E-state index in [4.69, 9.17) is 0 Å². The highest BCUT2D eigenvalue weighted by Crippen LogP contribution is 2.21. The van der Waals surface area contributed by atoms with E-state index < -0.39 is 0 Å². The normalized spacial score (nSPS) is 12.5. The molecule has 0 aliphatic carbocycles. The lowest BCUT2D eigenvalue weighted by atomic mass is 10.1. The maximum atomic E-state index is 3.50. The highest BCUT2D eigenvalue weighted by atomic mass is 15.2. The predicted molar refractivity (Wildman–Crippen MR) is 76.8 cm³/mol. The molecule has 96 valence electrons. The molecule has 0 radical (unpaired) electrons. The average molecular weight is 234 g/mol. The molecule has 1 atom stereocenters. The van der Waals surface area contributed by atoms with Gasteiger partial charge in [0.25, 0.3) is 0 Å². The fourth-order valence-corrected chi connectivity index (χ4v) is 2.20. The minimum absolute atomic E-state index is 0.535. The number of aryl methyl sites for hydroxylation is 1. The van der Waals surface area contributed by atoms with Crippen molar-refractivity contribution < 1.29 is 0 Å². The van der Waals surface area contributed by atoms with Crippen LogP contribution in [0.5, 0.6) is 0 Å². The summed E-state index contributed by atoms with van der Waals surface area (Å²) in [5.74, 6) is 0. The summed E-state index contributed by atoms with van der Waals surface area (Å²) in [5, 5.41) is 3.50. The van der Waals surface area contributed by atoms with E-state index in [2.05, 4.69) is 62.2 Å². The predicted octanol–water partition coefficient (Wildman–Crippen LogP) is 3.21. The van der Waals surface area contributed by atoms with E-state index in [1.54, 1.807) is 0 Å². The van der Waals surface area contributed by atoms with E-state index in [-0.39, 0.29) is 0 Å². The van der Waals surface area contributed by atoms with Crippen LogP contribution in [-0.2, 0) is 0 Å². The maximum Gasteiger partial charge on any atom is 0.0398 e. The molecule has 0 saturated carbocycles. The number of rotatable bonds is 7. The summed E-state index contributed by atoms with van der Waals surface area (Å²) in [6.45, 7) is 12.1. The molecule has 1 unspecified atom stereocenters. The maximum absolute atomic E-state index is 3.50. The van der Waals surface area contributed by atoms with Crippen LogP contribution in [0.15, 0.2) is 24.3 Å². The van der Waals surface area contributed by atoms with Crippen molar-refractivity contribution in [3.63, 3.8) is 0 Å². The largest absolute Gasteiger partial charge is 0.368 e. The second-order valence-corrected chi connectivity index (χ2v) is 4.63. The summed E-state index contributed by atoms with van der Waals surface area (Å²) in [7, 11) is 0. The number of hydrogen-bond donors (Lipinski definition) is 1. The number of para-hydroxylation sites is 1. The first-order chi connectivity index (χ1) is 8.20. The van der Waals surface area contributed by atoms with Crippen LogP contribution in [0.2, 0.25) is 0 Å². The van der Waals surface area contributed by atoms with Crippen LogP contribution < -0.4 is 10.2 Å². The van der Waals surface area contributed by atoms with Crippen molar-refractivity contribution in [2.45, 2.75) is 40.2 Å². The molecule has 0 bridgehead atoms. The van der Waals surface area contributed by atoms with Gasteiger partial charge in [-0.25, -0.2) is 0 Å². The Morgan fingerprint density at radius 1 is 1.24 bits per heavy atom. The van der Waals surface area contributed by atoms with Gasteiger partial charge in [0.15, 0.2) is 0 Å². The Morgan fingerprint density at radius 3 is 2.53 bits per heavy atom. The summed E-state index contributed by atoms with van der Waals surface area (Å²) in [6.07, 6.45) is 1.20. The standard InChI is InChI=1S/C15H26N2/c1-5-11-16-12-14(4)17(6-2)15-10-8-7-9-13(15)3/h7-10,14,16H,5-6,11-12H2,1-4H3. The Labute approximate surface area is 106 Å². The second-order valence-electron chi connectivity index (χ2n) is 4.63. The summed E-state index contributed by atoms with van der Waals surface area (Å²) >= 11 is 0. The molecule has 1 aromatic carbocycles. The van der Waals surface area contributed by atoms with Gasteiger partial charge >= 0.3 is 0 Å². The van der Waals surface area contributed by atoms with Gasteiger partial charge in [-0.3, -0.25) is 0 Å². The molecule has 2 nitrogen and oxygen atoms in total. The molecule has 0 aliphatic heterocycles. The molecule has 0 fully saturated rings. The molecule has 0 amide bonds. The number of nitrogens with one attached hydrogen (secondary N) is 1. The third kappa shape index (κ3) is 4.04. The van der Waals surface area contributed by atoms with E-state index in [1.807, 2.05) is 0 Å². The van der Waals surface area contributed by atoms with Crippen LogP contribution in [0.4, 0.5) is 5.69 Å². The van der Waals surface area contributed by atoms with E-state index in [9.17, 15) is 0 Å². The zero-order valence-corrected chi connectivity index (χ0v) is 11.7. The van der Waals surface area contributed by atoms with Crippen molar-refractivity contribution in [1.29, 1.82) is 0 Å². The van der Waals surface area contributed by atoms with Gasteiger partial charge < -0.3 is 10.2 Å².